The Kier molecular flexibility index (Phi) is 7.01. The van der Waals surface area contributed by atoms with Crippen molar-refractivity contribution in [2.24, 2.45) is 0 Å². The summed E-state index contributed by atoms with van der Waals surface area (Å²) in [5.74, 6) is 0.785. The van der Waals surface area contributed by atoms with Gasteiger partial charge in [-0.2, -0.15) is 5.26 Å². The third-order valence-electron chi connectivity index (χ3n) is 2.43. The van der Waals surface area contributed by atoms with E-state index in [4.69, 9.17) is 21.6 Å². The Morgan fingerprint density at radius 2 is 2.15 bits per heavy atom. The number of alkyl halides is 1. The highest BCUT2D eigenvalue weighted by molar-refractivity contribution is 6.17. The summed E-state index contributed by atoms with van der Waals surface area (Å²) < 4.78 is 5.04. The van der Waals surface area contributed by atoms with Gasteiger partial charge in [0.15, 0.2) is 0 Å². The summed E-state index contributed by atoms with van der Waals surface area (Å²) in [7, 11) is 1.58. The van der Waals surface area contributed by atoms with Gasteiger partial charge in [0, 0.05) is 24.3 Å². The number of rotatable bonds is 7. The van der Waals surface area contributed by atoms with E-state index in [2.05, 4.69) is 10.6 Å². The van der Waals surface area contributed by atoms with Gasteiger partial charge in [0.05, 0.1) is 7.11 Å². The predicted octanol–water partition coefficient (Wildman–Crippen LogP) is 2.26. The number of halogens is 1. The van der Waals surface area contributed by atoms with E-state index in [1.54, 1.807) is 31.4 Å². The lowest BCUT2D eigenvalue weighted by molar-refractivity contribution is -0.117. The van der Waals surface area contributed by atoms with E-state index in [0.29, 0.717) is 18.8 Å². The van der Waals surface area contributed by atoms with Crippen LogP contribution in [0.5, 0.6) is 5.75 Å². The monoisotopic (exact) mass is 293 g/mol. The van der Waals surface area contributed by atoms with Crippen molar-refractivity contribution < 1.29 is 9.53 Å². The van der Waals surface area contributed by atoms with Crippen LogP contribution in [0.4, 0.5) is 5.69 Å². The van der Waals surface area contributed by atoms with E-state index in [-0.39, 0.29) is 5.57 Å². The van der Waals surface area contributed by atoms with Gasteiger partial charge in [-0.05, 0) is 30.7 Å². The number of amides is 1. The van der Waals surface area contributed by atoms with Crippen molar-refractivity contribution in [2.75, 3.05) is 24.9 Å². The molecular formula is C14H16ClN3O2. The van der Waals surface area contributed by atoms with Crippen molar-refractivity contribution in [3.63, 3.8) is 0 Å². The van der Waals surface area contributed by atoms with Crippen molar-refractivity contribution in [2.45, 2.75) is 6.42 Å². The zero-order valence-corrected chi connectivity index (χ0v) is 11.9. The first kappa shape index (κ1) is 15.9. The molecule has 0 unspecified atom stereocenters. The molecule has 1 aromatic carbocycles. The van der Waals surface area contributed by atoms with Crippen LogP contribution in [0.3, 0.4) is 0 Å². The minimum absolute atomic E-state index is 0.00962. The predicted molar refractivity (Wildman–Crippen MR) is 78.7 cm³/mol. The van der Waals surface area contributed by atoms with Gasteiger partial charge < -0.3 is 15.4 Å². The molecule has 0 radical (unpaired) electrons. The van der Waals surface area contributed by atoms with E-state index in [1.165, 1.54) is 6.20 Å². The molecule has 0 saturated heterocycles. The Morgan fingerprint density at radius 1 is 1.45 bits per heavy atom. The number of benzene rings is 1. The maximum atomic E-state index is 11.7. The van der Waals surface area contributed by atoms with Crippen LogP contribution in [0.1, 0.15) is 6.42 Å². The van der Waals surface area contributed by atoms with Crippen molar-refractivity contribution in [1.29, 1.82) is 5.26 Å². The normalized spacial score (nSPS) is 10.6. The molecule has 0 saturated carbocycles. The van der Waals surface area contributed by atoms with Crippen LogP contribution in [-0.2, 0) is 4.79 Å². The fraction of sp³-hybridized carbons (Fsp3) is 0.286. The number of nitrogens with zero attached hydrogens (tertiary/aromatic N) is 1. The van der Waals surface area contributed by atoms with Crippen LogP contribution in [-0.4, -0.2) is 25.4 Å². The molecule has 6 heteroatoms. The second-order valence-electron chi connectivity index (χ2n) is 3.84. The maximum absolute atomic E-state index is 11.7. The molecule has 0 atom stereocenters. The highest BCUT2D eigenvalue weighted by Crippen LogP contribution is 2.15. The van der Waals surface area contributed by atoms with Gasteiger partial charge in [-0.15, -0.1) is 11.6 Å². The minimum atomic E-state index is -0.418. The molecule has 106 valence electrons. The SMILES string of the molecule is COc1ccc(N/C=C(/C#N)C(=O)NCCCCl)cc1. The summed E-state index contributed by atoms with van der Waals surface area (Å²) in [6.07, 6.45) is 2.04. The molecule has 0 aromatic heterocycles. The molecule has 1 aromatic rings. The number of carbonyl (C=O) groups excluding carboxylic acids is 1. The van der Waals surface area contributed by atoms with Crippen LogP contribution in [0.25, 0.3) is 0 Å². The summed E-state index contributed by atoms with van der Waals surface area (Å²) in [4.78, 5) is 11.7. The highest BCUT2D eigenvalue weighted by atomic mass is 35.5. The topological polar surface area (TPSA) is 74.1 Å². The average molecular weight is 294 g/mol. The standard InChI is InChI=1S/C14H16ClN3O2/c1-20-13-5-3-12(4-6-13)18-10-11(9-16)14(19)17-8-2-7-15/h3-6,10,18H,2,7-8H2,1H3,(H,17,19)/b11-10-. The molecule has 0 aliphatic heterocycles. The largest absolute Gasteiger partial charge is 0.497 e. The maximum Gasteiger partial charge on any atom is 0.263 e. The van der Waals surface area contributed by atoms with Gasteiger partial charge in [0.2, 0.25) is 0 Å². The van der Waals surface area contributed by atoms with Gasteiger partial charge >= 0.3 is 0 Å². The second-order valence-corrected chi connectivity index (χ2v) is 4.22. The fourth-order valence-corrected chi connectivity index (χ4v) is 1.49. The Balaban J connectivity index is 2.60. The number of nitriles is 1. The number of hydrogen-bond donors (Lipinski definition) is 2. The fourth-order valence-electron chi connectivity index (χ4n) is 1.36. The summed E-state index contributed by atoms with van der Waals surface area (Å²) in [5, 5.41) is 14.5. The first-order chi connectivity index (χ1) is 9.71. The van der Waals surface area contributed by atoms with Gasteiger partial charge in [0.1, 0.15) is 17.4 Å². The van der Waals surface area contributed by atoms with Crippen molar-refractivity contribution in [1.82, 2.24) is 5.32 Å². The molecule has 1 rings (SSSR count). The Bertz CT molecular complexity index is 506. The Morgan fingerprint density at radius 3 is 2.70 bits per heavy atom. The third kappa shape index (κ3) is 5.21. The lowest BCUT2D eigenvalue weighted by Gasteiger charge is -2.05. The number of ether oxygens (including phenoxy) is 1. The van der Waals surface area contributed by atoms with Crippen LogP contribution in [0.15, 0.2) is 36.0 Å². The molecule has 0 aliphatic rings. The van der Waals surface area contributed by atoms with Crippen molar-refractivity contribution in [3.05, 3.63) is 36.0 Å². The molecular weight excluding hydrogens is 278 g/mol. The summed E-state index contributed by atoms with van der Waals surface area (Å²) >= 11 is 5.51. The van der Waals surface area contributed by atoms with Crippen LogP contribution < -0.4 is 15.4 Å². The van der Waals surface area contributed by atoms with Gasteiger partial charge in [0.25, 0.3) is 5.91 Å². The molecule has 0 heterocycles. The third-order valence-corrected chi connectivity index (χ3v) is 2.70. The van der Waals surface area contributed by atoms with Gasteiger partial charge in [-0.25, -0.2) is 0 Å². The van der Waals surface area contributed by atoms with Gasteiger partial charge in [-0.1, -0.05) is 0 Å². The molecule has 0 bridgehead atoms. The molecule has 20 heavy (non-hydrogen) atoms. The zero-order valence-electron chi connectivity index (χ0n) is 11.1. The van der Waals surface area contributed by atoms with Crippen LogP contribution in [0.2, 0.25) is 0 Å². The summed E-state index contributed by atoms with van der Waals surface area (Å²) in [6, 6.07) is 8.99. The second kappa shape index (κ2) is 8.83. The van der Waals surface area contributed by atoms with Crippen molar-refractivity contribution in [3.8, 4) is 11.8 Å². The van der Waals surface area contributed by atoms with Crippen LogP contribution >= 0.6 is 11.6 Å². The smallest absolute Gasteiger partial charge is 0.263 e. The Hall–Kier alpha value is -2.19. The summed E-state index contributed by atoms with van der Waals surface area (Å²) in [5.41, 5.74) is 0.766. The molecule has 0 spiro atoms. The highest BCUT2D eigenvalue weighted by Gasteiger charge is 2.07. The van der Waals surface area contributed by atoms with Crippen LogP contribution in [0, 0.1) is 11.3 Å². The van der Waals surface area contributed by atoms with E-state index < -0.39 is 5.91 Å². The molecule has 0 fully saturated rings. The number of anilines is 1. The van der Waals surface area contributed by atoms with E-state index in [1.807, 2.05) is 6.07 Å². The first-order valence-electron chi connectivity index (χ1n) is 6.06. The van der Waals surface area contributed by atoms with E-state index in [0.717, 1.165) is 11.4 Å². The number of nitrogens with one attached hydrogen (secondary N) is 2. The van der Waals surface area contributed by atoms with E-state index in [9.17, 15) is 4.79 Å². The first-order valence-corrected chi connectivity index (χ1v) is 6.59. The average Bonchev–Trinajstić information content (AvgIpc) is 2.49. The van der Waals surface area contributed by atoms with E-state index >= 15 is 0 Å². The molecule has 5 nitrogen and oxygen atoms in total. The quantitative estimate of drug-likeness (QED) is 0.350. The van der Waals surface area contributed by atoms with Crippen molar-refractivity contribution >= 4 is 23.2 Å². The number of hydrogen-bond acceptors (Lipinski definition) is 4. The molecule has 1 amide bonds. The Labute approximate surface area is 123 Å². The number of methoxy groups -OCH3 is 1. The van der Waals surface area contributed by atoms with Gasteiger partial charge in [-0.3, -0.25) is 4.79 Å². The molecule has 2 N–H and O–H groups in total. The number of carbonyl (C=O) groups is 1. The lowest BCUT2D eigenvalue weighted by Crippen LogP contribution is -2.26. The minimum Gasteiger partial charge on any atom is -0.497 e. The summed E-state index contributed by atoms with van der Waals surface area (Å²) in [6.45, 7) is 0.448. The zero-order chi connectivity index (χ0) is 14.8. The lowest BCUT2D eigenvalue weighted by atomic mass is 10.2. The molecule has 0 aliphatic carbocycles.